The summed E-state index contributed by atoms with van der Waals surface area (Å²) in [5.41, 5.74) is 2.60. The van der Waals surface area contributed by atoms with Crippen molar-refractivity contribution in [2.45, 2.75) is 13.8 Å². The molecule has 0 bridgehead atoms. The number of hydrogen-bond donors (Lipinski definition) is 1. The summed E-state index contributed by atoms with van der Waals surface area (Å²) in [7, 11) is 0. The summed E-state index contributed by atoms with van der Waals surface area (Å²) in [6.07, 6.45) is 1.09. The van der Waals surface area contributed by atoms with Gasteiger partial charge in [0.15, 0.2) is 0 Å². The largest absolute Gasteiger partial charge is 0.334 e. The Hall–Kier alpha value is -2.21. The molecular formula is C12H11ClN4O2. The third-order valence-corrected chi connectivity index (χ3v) is 2.98. The summed E-state index contributed by atoms with van der Waals surface area (Å²) in [6.45, 7) is 3.88. The van der Waals surface area contributed by atoms with Gasteiger partial charge in [-0.2, -0.15) is 4.98 Å². The van der Waals surface area contributed by atoms with Gasteiger partial charge in [0, 0.05) is 5.69 Å². The quantitative estimate of drug-likeness (QED) is 0.529. The first-order valence-electron chi connectivity index (χ1n) is 5.49. The number of rotatable bonds is 3. The Morgan fingerprint density at radius 3 is 2.79 bits per heavy atom. The molecular weight excluding hydrogens is 268 g/mol. The van der Waals surface area contributed by atoms with Crippen molar-refractivity contribution in [3.8, 4) is 0 Å². The molecule has 0 fully saturated rings. The zero-order chi connectivity index (χ0) is 14.0. The van der Waals surface area contributed by atoms with E-state index in [0.29, 0.717) is 0 Å². The molecule has 7 heteroatoms. The highest BCUT2D eigenvalue weighted by atomic mass is 35.5. The number of aryl methyl sites for hydroxylation is 1. The van der Waals surface area contributed by atoms with Crippen LogP contribution in [0, 0.1) is 24.0 Å². The van der Waals surface area contributed by atoms with E-state index in [1.54, 1.807) is 0 Å². The van der Waals surface area contributed by atoms with Crippen LogP contribution in [0.15, 0.2) is 24.4 Å². The summed E-state index contributed by atoms with van der Waals surface area (Å²) in [5.74, 6) is 0.0821. The molecule has 0 saturated heterocycles. The van der Waals surface area contributed by atoms with Crippen molar-refractivity contribution in [3.05, 3.63) is 50.9 Å². The molecule has 0 aliphatic heterocycles. The Kier molecular flexibility index (Phi) is 3.62. The van der Waals surface area contributed by atoms with E-state index in [2.05, 4.69) is 15.3 Å². The summed E-state index contributed by atoms with van der Waals surface area (Å²) >= 11 is 5.67. The second-order valence-corrected chi connectivity index (χ2v) is 4.34. The number of nitro groups is 1. The fraction of sp³-hybridized carbons (Fsp3) is 0.167. The van der Waals surface area contributed by atoms with Crippen LogP contribution in [0.25, 0.3) is 0 Å². The Labute approximate surface area is 114 Å². The number of hydrogen-bond acceptors (Lipinski definition) is 5. The SMILES string of the molecule is Cc1cccc(Nc2nc(Cl)ncc2[N+](=O)[O-])c1C. The first-order valence-corrected chi connectivity index (χ1v) is 5.87. The van der Waals surface area contributed by atoms with Gasteiger partial charge in [-0.15, -0.1) is 0 Å². The van der Waals surface area contributed by atoms with Gasteiger partial charge in [0.05, 0.1) is 4.92 Å². The molecule has 2 aromatic rings. The van der Waals surface area contributed by atoms with Crippen LogP contribution in [0.5, 0.6) is 0 Å². The van der Waals surface area contributed by atoms with Crippen LogP contribution in [0.3, 0.4) is 0 Å². The predicted octanol–water partition coefficient (Wildman–Crippen LogP) is 3.40. The zero-order valence-corrected chi connectivity index (χ0v) is 11.1. The molecule has 1 heterocycles. The summed E-state index contributed by atoms with van der Waals surface area (Å²) in [4.78, 5) is 17.8. The molecule has 0 aliphatic rings. The van der Waals surface area contributed by atoms with Gasteiger partial charge in [0.2, 0.25) is 11.1 Å². The topological polar surface area (TPSA) is 81.0 Å². The molecule has 0 radical (unpaired) electrons. The maximum absolute atomic E-state index is 10.9. The molecule has 2 rings (SSSR count). The number of aromatic nitrogens is 2. The van der Waals surface area contributed by atoms with Crippen molar-refractivity contribution in [2.75, 3.05) is 5.32 Å². The predicted molar refractivity (Wildman–Crippen MR) is 72.9 cm³/mol. The van der Waals surface area contributed by atoms with E-state index in [-0.39, 0.29) is 16.8 Å². The third kappa shape index (κ3) is 2.79. The van der Waals surface area contributed by atoms with Crippen molar-refractivity contribution in [2.24, 2.45) is 0 Å². The minimum atomic E-state index is -0.552. The number of nitrogens with zero attached hydrogens (tertiary/aromatic N) is 3. The summed E-state index contributed by atoms with van der Waals surface area (Å²) in [5, 5.41) is 13.8. The molecule has 0 atom stereocenters. The van der Waals surface area contributed by atoms with Crippen LogP contribution >= 0.6 is 11.6 Å². The molecule has 1 aromatic carbocycles. The molecule has 0 amide bonds. The van der Waals surface area contributed by atoms with E-state index < -0.39 is 4.92 Å². The molecule has 19 heavy (non-hydrogen) atoms. The van der Waals surface area contributed by atoms with Crippen LogP contribution < -0.4 is 5.32 Å². The third-order valence-electron chi connectivity index (χ3n) is 2.79. The summed E-state index contributed by atoms with van der Waals surface area (Å²) in [6, 6.07) is 5.64. The molecule has 6 nitrogen and oxygen atoms in total. The lowest BCUT2D eigenvalue weighted by atomic mass is 10.1. The van der Waals surface area contributed by atoms with Crippen molar-refractivity contribution >= 4 is 28.8 Å². The van der Waals surface area contributed by atoms with Crippen molar-refractivity contribution in [1.82, 2.24) is 9.97 Å². The maximum Gasteiger partial charge on any atom is 0.329 e. The van der Waals surface area contributed by atoms with E-state index >= 15 is 0 Å². The standard InChI is InChI=1S/C12H11ClN4O2/c1-7-4-3-5-9(8(7)2)15-11-10(17(18)19)6-14-12(13)16-11/h3-6H,1-2H3,(H,14,15,16). The number of anilines is 2. The minimum absolute atomic E-state index is 0.0431. The minimum Gasteiger partial charge on any atom is -0.334 e. The highest BCUT2D eigenvalue weighted by Gasteiger charge is 2.17. The average molecular weight is 279 g/mol. The van der Waals surface area contributed by atoms with Crippen LogP contribution in [-0.2, 0) is 0 Å². The monoisotopic (exact) mass is 278 g/mol. The molecule has 1 N–H and O–H groups in total. The summed E-state index contributed by atoms with van der Waals surface area (Å²) < 4.78 is 0. The van der Waals surface area contributed by atoms with Gasteiger partial charge in [-0.05, 0) is 42.6 Å². The average Bonchev–Trinajstić information content (AvgIpc) is 2.35. The van der Waals surface area contributed by atoms with E-state index in [1.807, 2.05) is 32.0 Å². The lowest BCUT2D eigenvalue weighted by Crippen LogP contribution is -2.02. The Balaban J connectivity index is 2.45. The van der Waals surface area contributed by atoms with Crippen LogP contribution in [0.1, 0.15) is 11.1 Å². The highest BCUT2D eigenvalue weighted by Crippen LogP contribution is 2.28. The zero-order valence-electron chi connectivity index (χ0n) is 10.3. The highest BCUT2D eigenvalue weighted by molar-refractivity contribution is 6.28. The van der Waals surface area contributed by atoms with Crippen molar-refractivity contribution in [1.29, 1.82) is 0 Å². The van der Waals surface area contributed by atoms with Gasteiger partial charge < -0.3 is 5.32 Å². The Morgan fingerprint density at radius 2 is 2.11 bits per heavy atom. The molecule has 0 spiro atoms. The Morgan fingerprint density at radius 1 is 1.37 bits per heavy atom. The molecule has 0 unspecified atom stereocenters. The second kappa shape index (κ2) is 5.19. The van der Waals surface area contributed by atoms with E-state index in [1.165, 1.54) is 0 Å². The number of nitrogens with one attached hydrogen (secondary N) is 1. The first-order chi connectivity index (χ1) is 8.99. The smallest absolute Gasteiger partial charge is 0.329 e. The van der Waals surface area contributed by atoms with Crippen molar-refractivity contribution in [3.63, 3.8) is 0 Å². The molecule has 0 saturated carbocycles. The van der Waals surface area contributed by atoms with Gasteiger partial charge in [0.25, 0.3) is 0 Å². The lowest BCUT2D eigenvalue weighted by Gasteiger charge is -2.10. The van der Waals surface area contributed by atoms with Gasteiger partial charge >= 0.3 is 5.69 Å². The van der Waals surface area contributed by atoms with Gasteiger partial charge in [-0.3, -0.25) is 10.1 Å². The second-order valence-electron chi connectivity index (χ2n) is 4.00. The number of benzene rings is 1. The molecule has 98 valence electrons. The van der Waals surface area contributed by atoms with Crippen LogP contribution in [-0.4, -0.2) is 14.9 Å². The first kappa shape index (κ1) is 13.2. The normalized spacial score (nSPS) is 10.3. The van der Waals surface area contributed by atoms with Crippen LogP contribution in [0.2, 0.25) is 5.28 Å². The molecule has 0 aliphatic carbocycles. The van der Waals surface area contributed by atoms with Crippen LogP contribution in [0.4, 0.5) is 17.2 Å². The van der Waals surface area contributed by atoms with Crippen molar-refractivity contribution < 1.29 is 4.92 Å². The van der Waals surface area contributed by atoms with Gasteiger partial charge in [0.1, 0.15) is 6.20 Å². The van der Waals surface area contributed by atoms with Gasteiger partial charge in [-0.1, -0.05) is 12.1 Å². The lowest BCUT2D eigenvalue weighted by molar-refractivity contribution is -0.384. The maximum atomic E-state index is 10.9. The molecule has 1 aromatic heterocycles. The van der Waals surface area contributed by atoms with E-state index in [0.717, 1.165) is 23.0 Å². The fourth-order valence-corrected chi connectivity index (χ4v) is 1.73. The van der Waals surface area contributed by atoms with E-state index in [4.69, 9.17) is 11.6 Å². The van der Waals surface area contributed by atoms with E-state index in [9.17, 15) is 10.1 Å². The number of halogens is 1. The Bertz CT molecular complexity index is 646. The fourth-order valence-electron chi connectivity index (χ4n) is 1.59. The van der Waals surface area contributed by atoms with Gasteiger partial charge in [-0.25, -0.2) is 4.98 Å².